The smallest absolute Gasteiger partial charge is 0.255 e. The van der Waals surface area contributed by atoms with Crippen LogP contribution < -0.4 is 5.32 Å². The molecule has 0 aromatic heterocycles. The molecule has 0 bridgehead atoms. The highest BCUT2D eigenvalue weighted by Crippen LogP contribution is 2.24. The minimum absolute atomic E-state index is 0.0293. The van der Waals surface area contributed by atoms with E-state index in [0.29, 0.717) is 13.0 Å². The van der Waals surface area contributed by atoms with Gasteiger partial charge in [0.25, 0.3) is 5.91 Å². The molecule has 2 aromatic rings. The minimum Gasteiger partial charge on any atom is -0.507 e. The zero-order valence-electron chi connectivity index (χ0n) is 12.1. The van der Waals surface area contributed by atoms with Gasteiger partial charge in [0.1, 0.15) is 5.75 Å². The van der Waals surface area contributed by atoms with Crippen LogP contribution in [0.2, 0.25) is 0 Å². The molecule has 21 heavy (non-hydrogen) atoms. The predicted octanol–water partition coefficient (Wildman–Crippen LogP) is 2.43. The third kappa shape index (κ3) is 3.82. The van der Waals surface area contributed by atoms with Crippen molar-refractivity contribution in [3.05, 3.63) is 42.0 Å². The van der Waals surface area contributed by atoms with Crippen molar-refractivity contribution >= 4 is 27.5 Å². The van der Waals surface area contributed by atoms with Crippen LogP contribution in [-0.4, -0.2) is 33.3 Å². The fraction of sp³-hybridized carbons (Fsp3) is 0.312. The van der Waals surface area contributed by atoms with Gasteiger partial charge in [0, 0.05) is 28.9 Å². The average molecular weight is 305 g/mol. The van der Waals surface area contributed by atoms with Crippen LogP contribution in [0.4, 0.5) is 0 Å². The summed E-state index contributed by atoms with van der Waals surface area (Å²) in [5.74, 6) is -0.342. The maximum Gasteiger partial charge on any atom is 0.255 e. The van der Waals surface area contributed by atoms with Gasteiger partial charge in [-0.3, -0.25) is 9.00 Å². The second-order valence-corrected chi connectivity index (χ2v) is 6.87. The lowest BCUT2D eigenvalue weighted by Crippen LogP contribution is -2.27. The quantitative estimate of drug-likeness (QED) is 0.891. The van der Waals surface area contributed by atoms with E-state index in [1.165, 1.54) is 0 Å². The van der Waals surface area contributed by atoms with E-state index < -0.39 is 10.8 Å². The summed E-state index contributed by atoms with van der Waals surface area (Å²) in [6.45, 7) is 2.32. The number of phenols is 1. The highest BCUT2D eigenvalue weighted by Gasteiger charge is 2.13. The van der Waals surface area contributed by atoms with Gasteiger partial charge in [-0.15, -0.1) is 0 Å². The first-order valence-electron chi connectivity index (χ1n) is 6.81. The van der Waals surface area contributed by atoms with E-state index in [4.69, 9.17) is 0 Å². The molecular weight excluding hydrogens is 286 g/mol. The van der Waals surface area contributed by atoms with Crippen LogP contribution in [0.3, 0.4) is 0 Å². The van der Waals surface area contributed by atoms with Gasteiger partial charge < -0.3 is 10.4 Å². The molecule has 0 saturated carbocycles. The van der Waals surface area contributed by atoms with Crippen molar-refractivity contribution in [2.45, 2.75) is 18.6 Å². The van der Waals surface area contributed by atoms with Crippen LogP contribution in [0, 0.1) is 0 Å². The summed E-state index contributed by atoms with van der Waals surface area (Å²) in [5.41, 5.74) is 0.263. The maximum atomic E-state index is 12.1. The second-order valence-electron chi connectivity index (χ2n) is 5.07. The summed E-state index contributed by atoms with van der Waals surface area (Å²) in [4.78, 5) is 12.1. The molecular formula is C16H19NO3S. The molecule has 2 rings (SSSR count). The van der Waals surface area contributed by atoms with Gasteiger partial charge in [0.15, 0.2) is 0 Å². The Labute approximate surface area is 126 Å². The SMILES string of the molecule is C[C@@H](CCNC(=O)c1cc2ccccc2cc1O)[S@@](C)=O. The molecule has 0 saturated heterocycles. The highest BCUT2D eigenvalue weighted by molar-refractivity contribution is 7.84. The number of nitrogens with one attached hydrogen (secondary N) is 1. The van der Waals surface area contributed by atoms with E-state index >= 15 is 0 Å². The van der Waals surface area contributed by atoms with E-state index in [1.807, 2.05) is 31.2 Å². The zero-order chi connectivity index (χ0) is 15.4. The minimum atomic E-state index is -0.893. The molecule has 4 nitrogen and oxygen atoms in total. The first-order valence-corrected chi connectivity index (χ1v) is 8.43. The number of hydrogen-bond donors (Lipinski definition) is 2. The summed E-state index contributed by atoms with van der Waals surface area (Å²) < 4.78 is 11.2. The highest BCUT2D eigenvalue weighted by atomic mass is 32.2. The van der Waals surface area contributed by atoms with Crippen molar-refractivity contribution in [2.24, 2.45) is 0 Å². The summed E-state index contributed by atoms with van der Waals surface area (Å²) in [6, 6.07) is 10.8. The van der Waals surface area contributed by atoms with Crippen LogP contribution in [0.5, 0.6) is 5.75 Å². The molecule has 0 aliphatic rings. The third-order valence-corrected chi connectivity index (χ3v) is 4.88. The number of phenolic OH excluding ortho intramolecular Hbond substituents is 1. The third-order valence-electron chi connectivity index (χ3n) is 3.51. The standard InChI is InChI=1S/C16H19NO3S/c1-11(21(2)20)7-8-17-16(19)14-9-12-5-3-4-6-13(12)10-15(14)18/h3-6,9-11,18H,7-8H2,1-2H3,(H,17,19)/t11-,21+/m0/s1. The number of carbonyl (C=O) groups is 1. The maximum absolute atomic E-state index is 12.1. The van der Waals surface area contributed by atoms with E-state index in [0.717, 1.165) is 10.8 Å². The number of hydrogen-bond acceptors (Lipinski definition) is 3. The molecule has 2 N–H and O–H groups in total. The Bertz CT molecular complexity index is 684. The fourth-order valence-electron chi connectivity index (χ4n) is 2.06. The van der Waals surface area contributed by atoms with Crippen LogP contribution in [-0.2, 0) is 10.8 Å². The number of benzene rings is 2. The Balaban J connectivity index is 2.09. The Kier molecular flexibility index (Phi) is 4.96. The van der Waals surface area contributed by atoms with Gasteiger partial charge >= 0.3 is 0 Å². The Hall–Kier alpha value is -1.88. The van der Waals surface area contributed by atoms with Crippen LogP contribution in [0.1, 0.15) is 23.7 Å². The Morgan fingerprint density at radius 2 is 1.90 bits per heavy atom. The van der Waals surface area contributed by atoms with Gasteiger partial charge in [0.2, 0.25) is 0 Å². The van der Waals surface area contributed by atoms with Crippen molar-refractivity contribution in [3.8, 4) is 5.75 Å². The largest absolute Gasteiger partial charge is 0.507 e. The van der Waals surface area contributed by atoms with Gasteiger partial charge in [-0.2, -0.15) is 0 Å². The molecule has 2 atom stereocenters. The Morgan fingerprint density at radius 3 is 2.52 bits per heavy atom. The van der Waals surface area contributed by atoms with E-state index in [-0.39, 0.29) is 22.5 Å². The average Bonchev–Trinajstić information content (AvgIpc) is 2.46. The summed E-state index contributed by atoms with van der Waals surface area (Å²) in [7, 11) is -0.893. The van der Waals surface area contributed by atoms with E-state index in [9.17, 15) is 14.1 Å². The van der Waals surface area contributed by atoms with Gasteiger partial charge in [0.05, 0.1) is 5.56 Å². The molecule has 0 heterocycles. The lowest BCUT2D eigenvalue weighted by Gasteiger charge is -2.11. The number of amides is 1. The first-order chi connectivity index (χ1) is 9.99. The molecule has 0 aliphatic heterocycles. The number of aromatic hydroxyl groups is 1. The molecule has 0 unspecified atom stereocenters. The summed E-state index contributed by atoms with van der Waals surface area (Å²) in [6.07, 6.45) is 2.30. The van der Waals surface area contributed by atoms with Crippen LogP contribution in [0.25, 0.3) is 10.8 Å². The molecule has 1 amide bonds. The monoisotopic (exact) mass is 305 g/mol. The first kappa shape index (κ1) is 15.5. The summed E-state index contributed by atoms with van der Waals surface area (Å²) in [5, 5.41) is 14.6. The molecule has 112 valence electrons. The van der Waals surface area contributed by atoms with E-state index in [2.05, 4.69) is 5.32 Å². The molecule has 0 spiro atoms. The number of rotatable bonds is 5. The second kappa shape index (κ2) is 6.72. The molecule has 0 aliphatic carbocycles. The van der Waals surface area contributed by atoms with Crippen LogP contribution in [0.15, 0.2) is 36.4 Å². The van der Waals surface area contributed by atoms with Crippen molar-refractivity contribution in [1.82, 2.24) is 5.32 Å². The molecule has 2 aromatic carbocycles. The summed E-state index contributed by atoms with van der Waals surface area (Å²) >= 11 is 0. The van der Waals surface area contributed by atoms with Gasteiger partial charge in [-0.05, 0) is 29.3 Å². The molecule has 5 heteroatoms. The lowest BCUT2D eigenvalue weighted by molar-refractivity contribution is 0.0951. The van der Waals surface area contributed by atoms with Gasteiger partial charge in [-0.25, -0.2) is 0 Å². The molecule has 0 radical (unpaired) electrons. The Morgan fingerprint density at radius 1 is 1.29 bits per heavy atom. The van der Waals surface area contributed by atoms with Gasteiger partial charge in [-0.1, -0.05) is 31.2 Å². The lowest BCUT2D eigenvalue weighted by atomic mass is 10.1. The number of carbonyl (C=O) groups excluding carboxylic acids is 1. The van der Waals surface area contributed by atoms with Crippen LogP contribution >= 0.6 is 0 Å². The van der Waals surface area contributed by atoms with Crippen molar-refractivity contribution in [1.29, 1.82) is 0 Å². The van der Waals surface area contributed by atoms with Crippen molar-refractivity contribution < 1.29 is 14.1 Å². The van der Waals surface area contributed by atoms with Crippen molar-refractivity contribution in [3.63, 3.8) is 0 Å². The number of fused-ring (bicyclic) bond motifs is 1. The molecule has 0 fully saturated rings. The predicted molar refractivity (Wildman–Crippen MR) is 86.1 cm³/mol. The van der Waals surface area contributed by atoms with E-state index in [1.54, 1.807) is 18.4 Å². The topological polar surface area (TPSA) is 66.4 Å². The fourth-order valence-corrected chi connectivity index (χ4v) is 2.51. The van der Waals surface area contributed by atoms with Crippen molar-refractivity contribution in [2.75, 3.05) is 12.8 Å². The normalized spacial score (nSPS) is 13.8. The zero-order valence-corrected chi connectivity index (χ0v) is 12.9.